The molecular formula is C14H22N2O3S. The molecule has 1 fully saturated rings. The zero-order valence-electron chi connectivity index (χ0n) is 11.9. The number of primary sulfonamides is 1. The van der Waals surface area contributed by atoms with Gasteiger partial charge in [-0.05, 0) is 44.4 Å². The van der Waals surface area contributed by atoms with Gasteiger partial charge in [0.15, 0.2) is 0 Å². The molecule has 2 rings (SSSR count). The van der Waals surface area contributed by atoms with Crippen LogP contribution in [0.5, 0.6) is 0 Å². The molecule has 1 aromatic rings. The summed E-state index contributed by atoms with van der Waals surface area (Å²) in [5.74, 6) is 0. The van der Waals surface area contributed by atoms with Crippen molar-refractivity contribution < 1.29 is 13.2 Å². The second-order valence-corrected chi connectivity index (χ2v) is 7.06. The summed E-state index contributed by atoms with van der Waals surface area (Å²) in [7, 11) is -3.63. The van der Waals surface area contributed by atoms with Crippen molar-refractivity contribution in [3.05, 3.63) is 29.8 Å². The summed E-state index contributed by atoms with van der Waals surface area (Å²) in [6.07, 6.45) is 2.46. The van der Waals surface area contributed by atoms with Gasteiger partial charge in [-0.25, -0.2) is 13.6 Å². The Balaban J connectivity index is 1.97. The Labute approximate surface area is 120 Å². The number of hydrogen-bond donors (Lipinski definition) is 2. The summed E-state index contributed by atoms with van der Waals surface area (Å²) in [6, 6.07) is 7.14. The van der Waals surface area contributed by atoms with E-state index in [9.17, 15) is 8.42 Å². The Kier molecular flexibility index (Phi) is 4.80. The Hall–Kier alpha value is -0.950. The van der Waals surface area contributed by atoms with Gasteiger partial charge < -0.3 is 10.1 Å². The number of nitrogens with two attached hydrogens (primary N) is 1. The lowest BCUT2D eigenvalue weighted by atomic mass is 9.99. The van der Waals surface area contributed by atoms with E-state index in [-0.39, 0.29) is 17.1 Å². The van der Waals surface area contributed by atoms with E-state index in [1.54, 1.807) is 12.1 Å². The normalized spacial score (nSPS) is 27.4. The van der Waals surface area contributed by atoms with Crippen LogP contribution in [0.3, 0.4) is 0 Å². The molecular weight excluding hydrogens is 276 g/mol. The predicted molar refractivity (Wildman–Crippen MR) is 77.7 cm³/mol. The Morgan fingerprint density at radius 1 is 1.30 bits per heavy atom. The van der Waals surface area contributed by atoms with Gasteiger partial charge in [0.25, 0.3) is 0 Å². The number of rotatable bonds is 4. The highest BCUT2D eigenvalue weighted by molar-refractivity contribution is 7.89. The van der Waals surface area contributed by atoms with Gasteiger partial charge in [0.05, 0.1) is 17.1 Å². The zero-order valence-corrected chi connectivity index (χ0v) is 12.7. The fraction of sp³-hybridized carbons (Fsp3) is 0.571. The fourth-order valence-electron chi connectivity index (χ4n) is 2.67. The second kappa shape index (κ2) is 6.22. The van der Waals surface area contributed by atoms with Crippen LogP contribution < -0.4 is 10.5 Å². The van der Waals surface area contributed by atoms with E-state index in [1.165, 1.54) is 6.07 Å². The van der Waals surface area contributed by atoms with Crippen molar-refractivity contribution in [1.29, 1.82) is 0 Å². The van der Waals surface area contributed by atoms with E-state index < -0.39 is 10.0 Å². The van der Waals surface area contributed by atoms with Crippen LogP contribution in [0.4, 0.5) is 0 Å². The smallest absolute Gasteiger partial charge is 0.238 e. The molecule has 0 amide bonds. The molecule has 0 spiro atoms. The van der Waals surface area contributed by atoms with E-state index in [4.69, 9.17) is 9.88 Å². The molecule has 20 heavy (non-hydrogen) atoms. The van der Waals surface area contributed by atoms with Gasteiger partial charge in [-0.2, -0.15) is 0 Å². The van der Waals surface area contributed by atoms with Crippen molar-refractivity contribution >= 4 is 10.0 Å². The highest BCUT2D eigenvalue weighted by atomic mass is 32.2. The summed E-state index contributed by atoms with van der Waals surface area (Å²) in [5.41, 5.74) is 0.920. The minimum Gasteiger partial charge on any atom is -0.375 e. The summed E-state index contributed by atoms with van der Waals surface area (Å²) in [6.45, 7) is 4.78. The van der Waals surface area contributed by atoms with Crippen LogP contribution in [0.25, 0.3) is 0 Å². The third-order valence-electron chi connectivity index (χ3n) is 3.52. The van der Waals surface area contributed by atoms with Crippen molar-refractivity contribution in [2.24, 2.45) is 5.14 Å². The van der Waals surface area contributed by atoms with E-state index >= 15 is 0 Å². The van der Waals surface area contributed by atoms with Crippen LogP contribution >= 0.6 is 0 Å². The van der Waals surface area contributed by atoms with Gasteiger partial charge in [0, 0.05) is 12.6 Å². The lowest BCUT2D eigenvalue weighted by Gasteiger charge is -2.32. The first-order valence-electron chi connectivity index (χ1n) is 6.85. The third kappa shape index (κ3) is 4.28. The lowest BCUT2D eigenvalue weighted by molar-refractivity contribution is -0.0422. The van der Waals surface area contributed by atoms with Crippen LogP contribution in [-0.2, 0) is 21.3 Å². The second-order valence-electron chi connectivity index (χ2n) is 5.50. The molecule has 0 saturated carbocycles. The van der Waals surface area contributed by atoms with Gasteiger partial charge in [-0.3, -0.25) is 0 Å². The largest absolute Gasteiger partial charge is 0.375 e. The Morgan fingerprint density at radius 3 is 2.55 bits per heavy atom. The predicted octanol–water partition coefficient (Wildman–Crippen LogP) is 1.38. The number of ether oxygens (including phenoxy) is 1. The van der Waals surface area contributed by atoms with Crippen molar-refractivity contribution in [3.63, 3.8) is 0 Å². The molecule has 2 unspecified atom stereocenters. The molecule has 6 heteroatoms. The first-order chi connectivity index (χ1) is 9.34. The third-order valence-corrected chi connectivity index (χ3v) is 4.43. The number of nitrogens with one attached hydrogen (secondary N) is 1. The first-order valence-corrected chi connectivity index (χ1v) is 8.40. The van der Waals surface area contributed by atoms with Crippen molar-refractivity contribution in [2.45, 2.75) is 56.4 Å². The van der Waals surface area contributed by atoms with Gasteiger partial charge >= 0.3 is 0 Å². The zero-order chi connectivity index (χ0) is 14.8. The molecule has 0 aromatic heterocycles. The average molecular weight is 298 g/mol. The standard InChI is InChI=1S/C14H22N2O3S/c1-10-6-13(7-11(2)19-10)16-9-12-4-3-5-14(8-12)20(15,17)18/h3-5,8,10-11,13,16H,6-7,9H2,1-2H3,(H2,15,17,18). The van der Waals surface area contributed by atoms with Gasteiger partial charge in [0.2, 0.25) is 10.0 Å². The van der Waals surface area contributed by atoms with Crippen LogP contribution in [0.1, 0.15) is 32.3 Å². The summed E-state index contributed by atoms with van der Waals surface area (Å²) < 4.78 is 28.3. The summed E-state index contributed by atoms with van der Waals surface area (Å²) >= 11 is 0. The molecule has 0 aliphatic carbocycles. The van der Waals surface area contributed by atoms with E-state index in [0.717, 1.165) is 18.4 Å². The molecule has 0 radical (unpaired) electrons. The molecule has 112 valence electrons. The van der Waals surface area contributed by atoms with Crippen molar-refractivity contribution in [1.82, 2.24) is 5.32 Å². The Bertz CT molecular complexity index is 549. The first kappa shape index (κ1) is 15.4. The van der Waals surface area contributed by atoms with E-state index in [1.807, 2.05) is 6.07 Å². The molecule has 3 N–H and O–H groups in total. The molecule has 1 aliphatic heterocycles. The van der Waals surface area contributed by atoms with Gasteiger partial charge in [-0.15, -0.1) is 0 Å². The topological polar surface area (TPSA) is 81.4 Å². The maximum absolute atomic E-state index is 11.3. The molecule has 0 bridgehead atoms. The van der Waals surface area contributed by atoms with Crippen LogP contribution in [0.15, 0.2) is 29.2 Å². The van der Waals surface area contributed by atoms with Crippen LogP contribution in [0, 0.1) is 0 Å². The minimum absolute atomic E-state index is 0.158. The molecule has 5 nitrogen and oxygen atoms in total. The number of sulfonamides is 1. The van der Waals surface area contributed by atoms with Crippen molar-refractivity contribution in [3.8, 4) is 0 Å². The summed E-state index contributed by atoms with van der Waals surface area (Å²) in [4.78, 5) is 0.158. The highest BCUT2D eigenvalue weighted by Crippen LogP contribution is 2.19. The Morgan fingerprint density at radius 2 is 1.95 bits per heavy atom. The van der Waals surface area contributed by atoms with Crippen LogP contribution in [-0.4, -0.2) is 26.7 Å². The van der Waals surface area contributed by atoms with Gasteiger partial charge in [0.1, 0.15) is 0 Å². The maximum Gasteiger partial charge on any atom is 0.238 e. The lowest BCUT2D eigenvalue weighted by Crippen LogP contribution is -2.40. The monoisotopic (exact) mass is 298 g/mol. The number of benzene rings is 1. The van der Waals surface area contributed by atoms with E-state index in [2.05, 4.69) is 19.2 Å². The fourth-order valence-corrected chi connectivity index (χ4v) is 3.25. The quantitative estimate of drug-likeness (QED) is 0.880. The van der Waals surface area contributed by atoms with Crippen LogP contribution in [0.2, 0.25) is 0 Å². The van der Waals surface area contributed by atoms with E-state index in [0.29, 0.717) is 12.6 Å². The minimum atomic E-state index is -3.63. The molecule has 1 saturated heterocycles. The molecule has 1 heterocycles. The van der Waals surface area contributed by atoms with Gasteiger partial charge in [-0.1, -0.05) is 12.1 Å². The SMILES string of the molecule is CC1CC(NCc2cccc(S(N)(=O)=O)c2)CC(C)O1. The average Bonchev–Trinajstić information content (AvgIpc) is 2.35. The molecule has 1 aliphatic rings. The maximum atomic E-state index is 11.3. The molecule has 1 aromatic carbocycles. The number of hydrogen-bond acceptors (Lipinski definition) is 4. The highest BCUT2D eigenvalue weighted by Gasteiger charge is 2.23. The molecule has 2 atom stereocenters. The summed E-state index contributed by atoms with van der Waals surface area (Å²) in [5, 5.41) is 8.60. The van der Waals surface area contributed by atoms with Crippen molar-refractivity contribution in [2.75, 3.05) is 0 Å².